The van der Waals surface area contributed by atoms with E-state index in [1.165, 1.54) is 25.9 Å². The van der Waals surface area contributed by atoms with Crippen LogP contribution in [0.4, 0.5) is 0 Å². The summed E-state index contributed by atoms with van der Waals surface area (Å²) < 4.78 is 0. The van der Waals surface area contributed by atoms with Gasteiger partial charge in [0.1, 0.15) is 5.78 Å². The minimum atomic E-state index is 0.390. The second kappa shape index (κ2) is 3.17. The molecule has 2 bridgehead atoms. The van der Waals surface area contributed by atoms with Crippen molar-refractivity contribution in [2.75, 3.05) is 19.6 Å². The van der Waals surface area contributed by atoms with Crippen molar-refractivity contribution in [3.8, 4) is 0 Å². The number of carbonyl (C=O) groups excluding carboxylic acids is 1. The number of ketones is 1. The third kappa shape index (κ3) is 1.40. The minimum Gasteiger partial charge on any atom is -0.303 e. The SMILES string of the molecule is CC(=O)C1CCN2CCCC1C2. The van der Waals surface area contributed by atoms with Crippen LogP contribution in [0.1, 0.15) is 26.2 Å². The van der Waals surface area contributed by atoms with E-state index >= 15 is 0 Å². The number of rotatable bonds is 1. The molecule has 0 aromatic heterocycles. The van der Waals surface area contributed by atoms with Gasteiger partial charge in [-0.2, -0.15) is 0 Å². The van der Waals surface area contributed by atoms with Crippen LogP contribution in [-0.4, -0.2) is 30.3 Å². The lowest BCUT2D eigenvalue weighted by atomic mass is 9.78. The molecule has 3 atom stereocenters. The van der Waals surface area contributed by atoms with Crippen LogP contribution >= 0.6 is 0 Å². The zero-order chi connectivity index (χ0) is 8.55. The summed E-state index contributed by atoms with van der Waals surface area (Å²) in [7, 11) is 0. The van der Waals surface area contributed by atoms with Gasteiger partial charge < -0.3 is 4.90 Å². The van der Waals surface area contributed by atoms with Gasteiger partial charge in [-0.25, -0.2) is 0 Å². The quantitative estimate of drug-likeness (QED) is 0.587. The number of hydrogen-bond acceptors (Lipinski definition) is 2. The Hall–Kier alpha value is -0.370. The van der Waals surface area contributed by atoms with Crippen LogP contribution in [0.5, 0.6) is 0 Å². The Morgan fingerprint density at radius 3 is 2.92 bits per heavy atom. The molecule has 3 unspecified atom stereocenters. The van der Waals surface area contributed by atoms with E-state index in [4.69, 9.17) is 0 Å². The molecule has 2 saturated heterocycles. The van der Waals surface area contributed by atoms with Crippen LogP contribution in [-0.2, 0) is 4.79 Å². The zero-order valence-corrected chi connectivity index (χ0v) is 7.75. The molecular weight excluding hydrogens is 150 g/mol. The zero-order valence-electron chi connectivity index (χ0n) is 7.75. The summed E-state index contributed by atoms with van der Waals surface area (Å²) in [4.78, 5) is 13.8. The van der Waals surface area contributed by atoms with Crippen molar-refractivity contribution in [3.05, 3.63) is 0 Å². The molecule has 0 spiro atoms. The Bertz CT molecular complexity index is 190. The molecule has 0 saturated carbocycles. The first kappa shape index (κ1) is 8.24. The van der Waals surface area contributed by atoms with Gasteiger partial charge in [0.2, 0.25) is 0 Å². The monoisotopic (exact) mass is 167 g/mol. The fraction of sp³-hybridized carbons (Fsp3) is 0.900. The van der Waals surface area contributed by atoms with Crippen LogP contribution in [0.25, 0.3) is 0 Å². The molecular formula is C10H17NO. The normalized spacial score (nSPS) is 40.9. The maximum absolute atomic E-state index is 11.3. The lowest BCUT2D eigenvalue weighted by Gasteiger charge is -2.41. The van der Waals surface area contributed by atoms with Gasteiger partial charge in [-0.05, 0) is 45.2 Å². The van der Waals surface area contributed by atoms with E-state index in [1.807, 2.05) is 0 Å². The number of Topliss-reactive ketones (excluding diaryl/α,β-unsaturated/α-hetero) is 1. The summed E-state index contributed by atoms with van der Waals surface area (Å²) in [5, 5.41) is 0. The lowest BCUT2D eigenvalue weighted by molar-refractivity contribution is -0.125. The summed E-state index contributed by atoms with van der Waals surface area (Å²) in [6, 6.07) is 0. The summed E-state index contributed by atoms with van der Waals surface area (Å²) in [6.07, 6.45) is 3.69. The minimum absolute atomic E-state index is 0.390. The number of nitrogens with zero attached hydrogens (tertiary/aromatic N) is 1. The van der Waals surface area contributed by atoms with Gasteiger partial charge in [-0.15, -0.1) is 0 Å². The predicted molar refractivity (Wildman–Crippen MR) is 48.0 cm³/mol. The smallest absolute Gasteiger partial charge is 0.133 e. The standard InChI is InChI=1S/C10H17NO/c1-8(12)10-4-6-11-5-2-3-9(10)7-11/h9-10H,2-7H2,1H3. The van der Waals surface area contributed by atoms with Gasteiger partial charge in [0.05, 0.1) is 0 Å². The molecule has 2 rings (SSSR count). The third-order valence-corrected chi connectivity index (χ3v) is 3.39. The van der Waals surface area contributed by atoms with Crippen LogP contribution in [0, 0.1) is 11.8 Å². The summed E-state index contributed by atoms with van der Waals surface area (Å²) >= 11 is 0. The largest absolute Gasteiger partial charge is 0.303 e. The molecule has 2 aliphatic heterocycles. The Morgan fingerprint density at radius 1 is 1.33 bits per heavy atom. The highest BCUT2D eigenvalue weighted by Gasteiger charge is 2.33. The van der Waals surface area contributed by atoms with E-state index in [2.05, 4.69) is 4.90 Å². The van der Waals surface area contributed by atoms with Crippen molar-refractivity contribution in [2.24, 2.45) is 11.8 Å². The van der Waals surface area contributed by atoms with Gasteiger partial charge in [0.25, 0.3) is 0 Å². The first-order chi connectivity index (χ1) is 5.77. The number of fused-ring (bicyclic) bond motifs is 2. The van der Waals surface area contributed by atoms with E-state index in [1.54, 1.807) is 6.92 Å². The van der Waals surface area contributed by atoms with Crippen molar-refractivity contribution >= 4 is 5.78 Å². The topological polar surface area (TPSA) is 20.3 Å². The maximum atomic E-state index is 11.3. The summed E-state index contributed by atoms with van der Waals surface area (Å²) in [5.41, 5.74) is 0. The molecule has 2 nitrogen and oxygen atoms in total. The average molecular weight is 167 g/mol. The van der Waals surface area contributed by atoms with Crippen molar-refractivity contribution < 1.29 is 4.79 Å². The molecule has 0 radical (unpaired) electrons. The number of hydrogen-bond donors (Lipinski definition) is 0. The molecule has 0 aliphatic carbocycles. The van der Waals surface area contributed by atoms with E-state index < -0.39 is 0 Å². The maximum Gasteiger partial charge on any atom is 0.133 e. The van der Waals surface area contributed by atoms with Crippen LogP contribution in [0.15, 0.2) is 0 Å². The fourth-order valence-electron chi connectivity index (χ4n) is 2.72. The second-order valence-corrected chi connectivity index (χ2v) is 4.21. The first-order valence-electron chi connectivity index (χ1n) is 5.00. The average Bonchev–Trinajstić information content (AvgIpc) is 2.04. The second-order valence-electron chi connectivity index (χ2n) is 4.21. The van der Waals surface area contributed by atoms with E-state index in [-0.39, 0.29) is 0 Å². The molecule has 2 heterocycles. The molecule has 12 heavy (non-hydrogen) atoms. The highest BCUT2D eigenvalue weighted by molar-refractivity contribution is 5.78. The van der Waals surface area contributed by atoms with Crippen molar-refractivity contribution in [3.63, 3.8) is 0 Å². The Morgan fingerprint density at radius 2 is 2.17 bits per heavy atom. The summed E-state index contributed by atoms with van der Waals surface area (Å²) in [5.74, 6) is 1.49. The molecule has 0 N–H and O–H groups in total. The Kier molecular flexibility index (Phi) is 2.18. The van der Waals surface area contributed by atoms with Gasteiger partial charge >= 0.3 is 0 Å². The number of piperidine rings is 2. The summed E-state index contributed by atoms with van der Waals surface area (Å²) in [6.45, 7) is 5.36. The van der Waals surface area contributed by atoms with Crippen molar-refractivity contribution in [1.82, 2.24) is 4.90 Å². The van der Waals surface area contributed by atoms with Gasteiger partial charge in [-0.3, -0.25) is 4.79 Å². The highest BCUT2D eigenvalue weighted by atomic mass is 16.1. The molecule has 0 aromatic carbocycles. The van der Waals surface area contributed by atoms with Crippen molar-refractivity contribution in [2.45, 2.75) is 26.2 Å². The lowest BCUT2D eigenvalue weighted by Crippen LogP contribution is -2.46. The molecule has 0 amide bonds. The van der Waals surface area contributed by atoms with E-state index in [0.29, 0.717) is 17.6 Å². The first-order valence-corrected chi connectivity index (χ1v) is 5.00. The van der Waals surface area contributed by atoms with Crippen LogP contribution in [0.2, 0.25) is 0 Å². The highest BCUT2D eigenvalue weighted by Crippen LogP contribution is 2.31. The van der Waals surface area contributed by atoms with Crippen LogP contribution in [0.3, 0.4) is 0 Å². The van der Waals surface area contributed by atoms with E-state index in [9.17, 15) is 4.79 Å². The predicted octanol–water partition coefficient (Wildman–Crippen LogP) is 1.31. The molecule has 2 fully saturated rings. The molecule has 0 aromatic rings. The van der Waals surface area contributed by atoms with E-state index in [0.717, 1.165) is 13.0 Å². The van der Waals surface area contributed by atoms with Gasteiger partial charge in [-0.1, -0.05) is 0 Å². The van der Waals surface area contributed by atoms with Gasteiger partial charge in [0.15, 0.2) is 0 Å². The van der Waals surface area contributed by atoms with Crippen molar-refractivity contribution in [1.29, 1.82) is 0 Å². The van der Waals surface area contributed by atoms with Gasteiger partial charge in [0, 0.05) is 12.5 Å². The Labute approximate surface area is 73.9 Å². The molecule has 68 valence electrons. The Balaban J connectivity index is 2.04. The molecule has 2 aliphatic rings. The number of carbonyl (C=O) groups is 1. The fourth-order valence-corrected chi connectivity index (χ4v) is 2.72. The van der Waals surface area contributed by atoms with Crippen LogP contribution < -0.4 is 0 Å². The molecule has 2 heteroatoms. The third-order valence-electron chi connectivity index (χ3n) is 3.39.